The van der Waals surface area contributed by atoms with Gasteiger partial charge in [0.25, 0.3) is 0 Å². The molecule has 1 fully saturated rings. The van der Waals surface area contributed by atoms with Gasteiger partial charge in [0.2, 0.25) is 5.95 Å². The smallest absolute Gasteiger partial charge is 0.229 e. The van der Waals surface area contributed by atoms with Crippen LogP contribution in [-0.2, 0) is 0 Å². The number of anilines is 4. The molecular weight excluding hydrogens is 372 g/mol. The Morgan fingerprint density at radius 2 is 2.10 bits per heavy atom. The maximum Gasteiger partial charge on any atom is 0.229 e. The molecule has 0 aliphatic heterocycles. The largest absolute Gasteiger partial charge is 0.324 e. The molecule has 148 valence electrons. The van der Waals surface area contributed by atoms with Crippen LogP contribution in [0.4, 0.5) is 23.3 Å². The van der Waals surface area contributed by atoms with Gasteiger partial charge in [0.15, 0.2) is 11.6 Å². The maximum atomic E-state index is 5.63. The van der Waals surface area contributed by atoms with E-state index in [1.54, 1.807) is 6.20 Å². The third-order valence-electron chi connectivity index (χ3n) is 4.75. The molecule has 6 nitrogen and oxygen atoms in total. The molecule has 0 spiro atoms. The average Bonchev–Trinajstić information content (AvgIpc) is 3.50. The highest BCUT2D eigenvalue weighted by Gasteiger charge is 2.25. The molecule has 1 aliphatic carbocycles. The van der Waals surface area contributed by atoms with Crippen molar-refractivity contribution in [3.8, 4) is 12.3 Å². The van der Waals surface area contributed by atoms with Gasteiger partial charge in [0.05, 0.1) is 11.8 Å². The molecule has 2 heterocycles. The van der Waals surface area contributed by atoms with Crippen LogP contribution in [0.5, 0.6) is 0 Å². The molecule has 0 saturated heterocycles. The van der Waals surface area contributed by atoms with Gasteiger partial charge < -0.3 is 10.6 Å². The number of terminal acetylenes is 1. The first kappa shape index (κ1) is 19.3. The second-order valence-corrected chi connectivity index (χ2v) is 7.03. The third kappa shape index (κ3) is 4.33. The third-order valence-corrected chi connectivity index (χ3v) is 4.75. The highest BCUT2D eigenvalue weighted by Crippen LogP contribution is 2.39. The molecule has 1 saturated carbocycles. The fraction of sp³-hybridized carbons (Fsp3) is 0.167. The van der Waals surface area contributed by atoms with Crippen molar-refractivity contribution >= 4 is 35.4 Å². The minimum absolute atomic E-state index is 0.432. The van der Waals surface area contributed by atoms with E-state index in [2.05, 4.69) is 49.0 Å². The van der Waals surface area contributed by atoms with E-state index in [-0.39, 0.29) is 0 Å². The molecule has 1 aliphatic rings. The number of nitrogens with zero attached hydrogens (tertiary/aromatic N) is 3. The molecule has 30 heavy (non-hydrogen) atoms. The molecule has 6 heteroatoms. The summed E-state index contributed by atoms with van der Waals surface area (Å²) in [6, 6.07) is 7.98. The summed E-state index contributed by atoms with van der Waals surface area (Å²) < 4.78 is 0. The van der Waals surface area contributed by atoms with E-state index < -0.39 is 0 Å². The van der Waals surface area contributed by atoms with Crippen LogP contribution < -0.4 is 10.6 Å². The molecule has 1 aromatic carbocycles. The normalized spacial score (nSPS) is 12.9. The van der Waals surface area contributed by atoms with E-state index in [1.165, 1.54) is 12.8 Å². The topological polar surface area (TPSA) is 78.5 Å². The predicted octanol–water partition coefficient (Wildman–Crippen LogP) is 5.38. The van der Waals surface area contributed by atoms with Crippen LogP contribution in [0.3, 0.4) is 0 Å². The zero-order valence-electron chi connectivity index (χ0n) is 16.7. The molecule has 0 unspecified atom stereocenters. The van der Waals surface area contributed by atoms with Crippen molar-refractivity contribution in [3.05, 3.63) is 71.2 Å². The molecule has 4 rings (SSSR count). The lowest BCUT2D eigenvalue weighted by Gasteiger charge is -2.10. The Labute approximate surface area is 175 Å². The van der Waals surface area contributed by atoms with E-state index in [9.17, 15) is 0 Å². The van der Waals surface area contributed by atoms with E-state index in [0.717, 1.165) is 22.5 Å². The lowest BCUT2D eigenvalue weighted by molar-refractivity contribution is 0.966. The lowest BCUT2D eigenvalue weighted by Crippen LogP contribution is -2.03. The number of aromatic nitrogens is 4. The number of hydrogen-bond acceptors (Lipinski definition) is 5. The van der Waals surface area contributed by atoms with Crippen molar-refractivity contribution in [2.45, 2.75) is 25.7 Å². The summed E-state index contributed by atoms with van der Waals surface area (Å²) in [5.74, 6) is 4.85. The van der Waals surface area contributed by atoms with E-state index >= 15 is 0 Å². The fourth-order valence-electron chi connectivity index (χ4n) is 3.12. The zero-order chi connectivity index (χ0) is 20.9. The van der Waals surface area contributed by atoms with E-state index in [4.69, 9.17) is 6.42 Å². The molecule has 3 N–H and O–H groups in total. The number of nitrogens with one attached hydrogen (secondary N) is 3. The van der Waals surface area contributed by atoms with Crippen LogP contribution >= 0.6 is 0 Å². The van der Waals surface area contributed by atoms with Crippen LogP contribution in [0.25, 0.3) is 12.2 Å². The summed E-state index contributed by atoms with van der Waals surface area (Å²) in [4.78, 5) is 8.90. The van der Waals surface area contributed by atoms with Crippen molar-refractivity contribution in [1.29, 1.82) is 0 Å². The SMILES string of the molecule is C#Cc1cnc(Nc2ccc(C=CC)c(C=C=C)c2)nc1Nc1cc(C2CC2)[nH]n1. The van der Waals surface area contributed by atoms with E-state index in [1.807, 2.05) is 49.4 Å². The Morgan fingerprint density at radius 3 is 2.83 bits per heavy atom. The van der Waals surface area contributed by atoms with Gasteiger partial charge in [0.1, 0.15) is 0 Å². The Hall–Kier alpha value is -4.07. The van der Waals surface area contributed by atoms with Crippen molar-refractivity contribution < 1.29 is 0 Å². The summed E-state index contributed by atoms with van der Waals surface area (Å²) >= 11 is 0. The molecule has 0 radical (unpaired) electrons. The number of aromatic amines is 1. The number of rotatable bonds is 7. The highest BCUT2D eigenvalue weighted by molar-refractivity contribution is 5.71. The lowest BCUT2D eigenvalue weighted by atomic mass is 10.1. The summed E-state index contributed by atoms with van der Waals surface area (Å²) in [5, 5.41) is 13.8. The predicted molar refractivity (Wildman–Crippen MR) is 122 cm³/mol. The molecule has 2 aromatic heterocycles. The van der Waals surface area contributed by atoms with Crippen LogP contribution in [0.15, 0.2) is 48.8 Å². The highest BCUT2D eigenvalue weighted by atomic mass is 15.2. The second kappa shape index (κ2) is 8.52. The summed E-state index contributed by atoms with van der Waals surface area (Å²) in [7, 11) is 0. The van der Waals surface area contributed by atoms with Crippen LogP contribution in [-0.4, -0.2) is 20.2 Å². The van der Waals surface area contributed by atoms with Crippen LogP contribution in [0.1, 0.15) is 48.1 Å². The van der Waals surface area contributed by atoms with Gasteiger partial charge in [-0.2, -0.15) is 10.1 Å². The van der Waals surface area contributed by atoms with Crippen molar-refractivity contribution in [3.63, 3.8) is 0 Å². The van der Waals surface area contributed by atoms with Gasteiger partial charge in [-0.15, -0.1) is 12.2 Å². The monoisotopic (exact) mass is 394 g/mol. The molecule has 3 aromatic rings. The van der Waals surface area contributed by atoms with Gasteiger partial charge in [-0.05, 0) is 49.1 Å². The van der Waals surface area contributed by atoms with Crippen LogP contribution in [0, 0.1) is 12.3 Å². The summed E-state index contributed by atoms with van der Waals surface area (Å²) in [6.45, 7) is 5.65. The quantitative estimate of drug-likeness (QED) is 0.370. The summed E-state index contributed by atoms with van der Waals surface area (Å²) in [6.07, 6.45) is 15.5. The molecule has 0 amide bonds. The van der Waals surface area contributed by atoms with Gasteiger partial charge in [0, 0.05) is 23.4 Å². The maximum absolute atomic E-state index is 5.63. The van der Waals surface area contributed by atoms with Crippen molar-refractivity contribution in [1.82, 2.24) is 20.2 Å². The van der Waals surface area contributed by atoms with Gasteiger partial charge in [-0.1, -0.05) is 30.7 Å². The van der Waals surface area contributed by atoms with Gasteiger partial charge in [-0.3, -0.25) is 5.10 Å². The Balaban J connectivity index is 1.58. The molecule has 0 bridgehead atoms. The Kier molecular flexibility index (Phi) is 5.47. The minimum atomic E-state index is 0.432. The fourth-order valence-corrected chi connectivity index (χ4v) is 3.12. The first-order valence-corrected chi connectivity index (χ1v) is 9.75. The zero-order valence-corrected chi connectivity index (χ0v) is 16.7. The first-order chi connectivity index (χ1) is 14.7. The van der Waals surface area contributed by atoms with Crippen molar-refractivity contribution in [2.24, 2.45) is 0 Å². The van der Waals surface area contributed by atoms with Gasteiger partial charge in [-0.25, -0.2) is 4.98 Å². The van der Waals surface area contributed by atoms with Crippen LogP contribution in [0.2, 0.25) is 0 Å². The van der Waals surface area contributed by atoms with E-state index in [0.29, 0.717) is 29.1 Å². The minimum Gasteiger partial charge on any atom is -0.324 e. The average molecular weight is 394 g/mol. The Bertz CT molecular complexity index is 1190. The number of H-pyrrole nitrogens is 1. The molecule has 0 atom stereocenters. The number of hydrogen-bond donors (Lipinski definition) is 3. The molecular formula is C24H22N6. The van der Waals surface area contributed by atoms with Gasteiger partial charge >= 0.3 is 0 Å². The number of allylic oxidation sites excluding steroid dienone is 1. The first-order valence-electron chi connectivity index (χ1n) is 9.75. The number of benzene rings is 1. The standard InChI is InChI=1S/C24H22N6/c1-4-7-17-11-12-20(13-19(17)8-5-2)26-24-25-15-16(6-3)23(28-24)27-22-14-21(29-30-22)18-9-10-18/h3-4,7-8,11-15,18H,2,9-10H2,1H3,(H3,25,26,27,28,29,30). The van der Waals surface area contributed by atoms with Crippen molar-refractivity contribution in [2.75, 3.05) is 10.6 Å². The summed E-state index contributed by atoms with van der Waals surface area (Å²) in [5.41, 5.74) is 7.45. The second-order valence-electron chi connectivity index (χ2n) is 7.03. The Morgan fingerprint density at radius 1 is 1.23 bits per heavy atom.